The molecule has 0 unspecified atom stereocenters. The van der Waals surface area contributed by atoms with E-state index in [-0.39, 0.29) is 5.91 Å². The van der Waals surface area contributed by atoms with Crippen molar-refractivity contribution in [3.05, 3.63) is 28.2 Å². The lowest BCUT2D eigenvalue weighted by Crippen LogP contribution is -2.18. The fourth-order valence-electron chi connectivity index (χ4n) is 1.79. The minimum absolute atomic E-state index is 0.0468. The molecule has 0 saturated heterocycles. The predicted octanol–water partition coefficient (Wildman–Crippen LogP) is 2.85. The quantitative estimate of drug-likeness (QED) is 0.678. The fourth-order valence-corrected chi connectivity index (χ4v) is 2.31. The summed E-state index contributed by atoms with van der Waals surface area (Å²) < 4.78 is 6.78. The molecule has 0 aromatic heterocycles. The van der Waals surface area contributed by atoms with Crippen molar-refractivity contribution >= 4 is 21.8 Å². The van der Waals surface area contributed by atoms with Crippen LogP contribution in [0.25, 0.3) is 0 Å². The van der Waals surface area contributed by atoms with E-state index in [1.165, 1.54) is 0 Å². The zero-order valence-corrected chi connectivity index (χ0v) is 13.8. The molecule has 1 aromatic carbocycles. The molecule has 1 rings (SSSR count). The van der Waals surface area contributed by atoms with Crippen molar-refractivity contribution in [2.24, 2.45) is 0 Å². The van der Waals surface area contributed by atoms with Gasteiger partial charge < -0.3 is 15.4 Å². The second-order valence-electron chi connectivity index (χ2n) is 4.53. The normalized spacial score (nSPS) is 10.3. The largest absolute Gasteiger partial charge is 0.492 e. The lowest BCUT2D eigenvalue weighted by molar-refractivity contribution is -0.120. The third kappa shape index (κ3) is 5.92. The summed E-state index contributed by atoms with van der Waals surface area (Å²) in [7, 11) is 1.65. The van der Waals surface area contributed by atoms with Gasteiger partial charge in [0.2, 0.25) is 5.91 Å². The van der Waals surface area contributed by atoms with Crippen LogP contribution in [0.2, 0.25) is 0 Å². The molecule has 0 aliphatic carbocycles. The van der Waals surface area contributed by atoms with E-state index in [4.69, 9.17) is 4.74 Å². The Labute approximate surface area is 129 Å². The van der Waals surface area contributed by atoms with E-state index in [0.29, 0.717) is 19.4 Å². The number of hydrogen-bond acceptors (Lipinski definition) is 3. The van der Waals surface area contributed by atoms with Crippen LogP contribution in [0.15, 0.2) is 22.7 Å². The number of ether oxygens (including phenoxy) is 1. The Morgan fingerprint density at radius 3 is 2.90 bits per heavy atom. The highest BCUT2D eigenvalue weighted by Crippen LogP contribution is 2.29. The van der Waals surface area contributed by atoms with Crippen molar-refractivity contribution in [3.8, 4) is 5.75 Å². The van der Waals surface area contributed by atoms with E-state index >= 15 is 0 Å². The maximum Gasteiger partial charge on any atom is 0.219 e. The van der Waals surface area contributed by atoms with Gasteiger partial charge in [0.25, 0.3) is 0 Å². The highest BCUT2D eigenvalue weighted by Gasteiger charge is 2.08. The number of hydrogen-bond donors (Lipinski definition) is 2. The molecule has 0 heterocycles. The van der Waals surface area contributed by atoms with Gasteiger partial charge in [-0.3, -0.25) is 4.79 Å². The van der Waals surface area contributed by atoms with Gasteiger partial charge >= 0.3 is 0 Å². The Morgan fingerprint density at radius 1 is 1.40 bits per heavy atom. The van der Waals surface area contributed by atoms with Crippen LogP contribution in [0, 0.1) is 0 Å². The Bertz CT molecular complexity index is 424. The number of carbonyl (C=O) groups excluding carboxylic acids is 1. The van der Waals surface area contributed by atoms with E-state index in [0.717, 1.165) is 35.3 Å². The van der Waals surface area contributed by atoms with Crippen LogP contribution in [-0.2, 0) is 11.3 Å². The molecule has 0 aliphatic rings. The number of nitrogens with one attached hydrogen (secondary N) is 2. The van der Waals surface area contributed by atoms with Crippen molar-refractivity contribution in [2.45, 2.75) is 32.7 Å². The number of para-hydroxylation sites is 1. The average molecular weight is 343 g/mol. The lowest BCUT2D eigenvalue weighted by atomic mass is 10.2. The summed E-state index contributed by atoms with van der Waals surface area (Å²) in [4.78, 5) is 11.1. The summed E-state index contributed by atoms with van der Waals surface area (Å²) in [6.45, 7) is 4.46. The summed E-state index contributed by atoms with van der Waals surface area (Å²) in [5, 5.41) is 5.98. The van der Waals surface area contributed by atoms with Gasteiger partial charge in [-0.1, -0.05) is 19.1 Å². The zero-order chi connectivity index (χ0) is 14.8. The highest BCUT2D eigenvalue weighted by atomic mass is 79.9. The monoisotopic (exact) mass is 342 g/mol. The molecular formula is C15H23BrN2O2. The standard InChI is InChI=1S/C15H23BrN2O2/c1-3-9-18-11-12-6-4-7-13(16)15(12)20-10-5-8-14(19)17-2/h4,6-7,18H,3,5,8-11H2,1-2H3,(H,17,19). The molecular weight excluding hydrogens is 320 g/mol. The second kappa shape index (κ2) is 9.77. The molecule has 2 N–H and O–H groups in total. The van der Waals surface area contributed by atoms with E-state index in [9.17, 15) is 4.79 Å². The van der Waals surface area contributed by atoms with Crippen molar-refractivity contribution in [1.29, 1.82) is 0 Å². The lowest BCUT2D eigenvalue weighted by Gasteiger charge is -2.13. The number of rotatable bonds is 9. The molecule has 0 spiro atoms. The Morgan fingerprint density at radius 2 is 2.20 bits per heavy atom. The zero-order valence-electron chi connectivity index (χ0n) is 12.2. The van der Waals surface area contributed by atoms with Crippen LogP contribution < -0.4 is 15.4 Å². The molecule has 0 radical (unpaired) electrons. The van der Waals surface area contributed by atoms with Crippen LogP contribution in [-0.4, -0.2) is 26.1 Å². The summed E-state index contributed by atoms with van der Waals surface area (Å²) in [5.41, 5.74) is 1.13. The van der Waals surface area contributed by atoms with Gasteiger partial charge in [-0.05, 0) is 41.4 Å². The van der Waals surface area contributed by atoms with Crippen LogP contribution in [0.4, 0.5) is 0 Å². The van der Waals surface area contributed by atoms with Crippen molar-refractivity contribution < 1.29 is 9.53 Å². The van der Waals surface area contributed by atoms with Crippen LogP contribution in [0.3, 0.4) is 0 Å². The molecule has 112 valence electrons. The number of benzene rings is 1. The molecule has 1 aromatic rings. The number of carbonyl (C=O) groups is 1. The minimum Gasteiger partial charge on any atom is -0.492 e. The van der Waals surface area contributed by atoms with Gasteiger partial charge in [0.15, 0.2) is 0 Å². The first kappa shape index (κ1) is 17.0. The fraction of sp³-hybridized carbons (Fsp3) is 0.533. The van der Waals surface area contributed by atoms with Crippen molar-refractivity contribution in [1.82, 2.24) is 10.6 Å². The first-order valence-electron chi connectivity index (χ1n) is 7.00. The number of halogens is 1. The molecule has 5 heteroatoms. The van der Waals surface area contributed by atoms with Gasteiger partial charge in [-0.25, -0.2) is 0 Å². The summed E-state index contributed by atoms with van der Waals surface area (Å²) >= 11 is 3.52. The van der Waals surface area contributed by atoms with Crippen LogP contribution >= 0.6 is 15.9 Å². The smallest absolute Gasteiger partial charge is 0.219 e. The molecule has 1 amide bonds. The molecule has 0 fully saturated rings. The van der Waals surface area contributed by atoms with E-state index in [2.05, 4.69) is 39.6 Å². The molecule has 20 heavy (non-hydrogen) atoms. The first-order chi connectivity index (χ1) is 9.69. The SMILES string of the molecule is CCCNCc1cccc(Br)c1OCCCC(=O)NC. The first-order valence-corrected chi connectivity index (χ1v) is 7.79. The summed E-state index contributed by atoms with van der Waals surface area (Å²) in [6.07, 6.45) is 2.31. The molecule has 0 saturated carbocycles. The van der Waals surface area contributed by atoms with E-state index < -0.39 is 0 Å². The van der Waals surface area contributed by atoms with Crippen molar-refractivity contribution in [2.75, 3.05) is 20.2 Å². The maximum atomic E-state index is 11.1. The molecule has 0 aliphatic heterocycles. The van der Waals surface area contributed by atoms with E-state index in [1.807, 2.05) is 12.1 Å². The maximum absolute atomic E-state index is 11.1. The average Bonchev–Trinajstić information content (AvgIpc) is 2.45. The van der Waals surface area contributed by atoms with Crippen LogP contribution in [0.1, 0.15) is 31.7 Å². The van der Waals surface area contributed by atoms with Gasteiger partial charge in [0.1, 0.15) is 5.75 Å². The topological polar surface area (TPSA) is 50.4 Å². The van der Waals surface area contributed by atoms with Gasteiger partial charge in [-0.2, -0.15) is 0 Å². The summed E-state index contributed by atoms with van der Waals surface area (Å²) in [6, 6.07) is 6.03. The van der Waals surface area contributed by atoms with Crippen molar-refractivity contribution in [3.63, 3.8) is 0 Å². The van der Waals surface area contributed by atoms with Gasteiger partial charge in [0, 0.05) is 25.6 Å². The second-order valence-corrected chi connectivity index (χ2v) is 5.38. The van der Waals surface area contributed by atoms with Gasteiger partial charge in [0.05, 0.1) is 11.1 Å². The highest BCUT2D eigenvalue weighted by molar-refractivity contribution is 9.10. The Hall–Kier alpha value is -1.07. The predicted molar refractivity (Wildman–Crippen MR) is 84.9 cm³/mol. The third-order valence-electron chi connectivity index (χ3n) is 2.86. The Balaban J connectivity index is 2.51. The van der Waals surface area contributed by atoms with Gasteiger partial charge in [-0.15, -0.1) is 0 Å². The third-order valence-corrected chi connectivity index (χ3v) is 3.49. The summed E-state index contributed by atoms with van der Waals surface area (Å²) in [5.74, 6) is 0.915. The number of amides is 1. The minimum atomic E-state index is 0.0468. The Kier molecular flexibility index (Phi) is 8.30. The van der Waals surface area contributed by atoms with E-state index in [1.54, 1.807) is 7.05 Å². The molecule has 4 nitrogen and oxygen atoms in total. The molecule has 0 bridgehead atoms. The van der Waals surface area contributed by atoms with Crippen LogP contribution in [0.5, 0.6) is 5.75 Å². The molecule has 0 atom stereocenters.